The monoisotopic (exact) mass is 368 g/mol. The Morgan fingerprint density at radius 1 is 0.800 bits per heavy atom. The zero-order valence-electron chi connectivity index (χ0n) is 13.5. The Balaban J connectivity index is 1.94. The number of hydrogen-bond acceptors (Lipinski definition) is 2. The zero-order valence-corrected chi connectivity index (χ0v) is 15.0. The summed E-state index contributed by atoms with van der Waals surface area (Å²) in [4.78, 5) is 0.315. The van der Waals surface area contributed by atoms with Gasteiger partial charge in [0.15, 0.2) is 9.84 Å². The van der Waals surface area contributed by atoms with Crippen molar-refractivity contribution in [2.45, 2.75) is 4.90 Å². The Labute approximate surface area is 153 Å². The lowest BCUT2D eigenvalue weighted by Crippen LogP contribution is -2.06. The van der Waals surface area contributed by atoms with E-state index in [1.165, 1.54) is 0 Å². The Morgan fingerprint density at radius 2 is 1.36 bits per heavy atom. The van der Waals surface area contributed by atoms with E-state index in [-0.39, 0.29) is 5.75 Å². The van der Waals surface area contributed by atoms with Gasteiger partial charge in [0.1, 0.15) is 0 Å². The molecule has 0 aliphatic rings. The van der Waals surface area contributed by atoms with Crippen LogP contribution in [-0.4, -0.2) is 14.2 Å². The van der Waals surface area contributed by atoms with Gasteiger partial charge in [0.05, 0.1) is 10.6 Å². The van der Waals surface area contributed by atoms with Gasteiger partial charge in [0, 0.05) is 10.6 Å². The molecule has 126 valence electrons. The van der Waals surface area contributed by atoms with Crippen LogP contribution in [0.1, 0.15) is 5.56 Å². The topological polar surface area (TPSA) is 34.1 Å². The Hall–Kier alpha value is -2.36. The summed E-state index contributed by atoms with van der Waals surface area (Å²) in [6, 6.07) is 25.9. The molecule has 0 atom stereocenters. The van der Waals surface area contributed by atoms with Crippen molar-refractivity contribution >= 4 is 26.5 Å². The van der Waals surface area contributed by atoms with E-state index in [2.05, 4.69) is 0 Å². The first-order chi connectivity index (χ1) is 12.1. The third-order valence-corrected chi connectivity index (χ3v) is 5.84. The van der Waals surface area contributed by atoms with E-state index in [4.69, 9.17) is 11.6 Å². The molecule has 0 saturated carbocycles. The van der Waals surface area contributed by atoms with Crippen molar-refractivity contribution in [1.29, 1.82) is 0 Å². The minimum atomic E-state index is -3.50. The molecule has 0 bridgehead atoms. The van der Waals surface area contributed by atoms with Crippen LogP contribution >= 0.6 is 11.6 Å². The van der Waals surface area contributed by atoms with E-state index in [1.807, 2.05) is 72.8 Å². The first-order valence-corrected chi connectivity index (χ1v) is 9.89. The van der Waals surface area contributed by atoms with Crippen LogP contribution in [0.25, 0.3) is 16.2 Å². The molecule has 0 amide bonds. The molecular formula is C21H17ClO2S. The third-order valence-electron chi connectivity index (χ3n) is 3.84. The van der Waals surface area contributed by atoms with Gasteiger partial charge in [0.25, 0.3) is 0 Å². The molecular weight excluding hydrogens is 352 g/mol. The van der Waals surface area contributed by atoms with Gasteiger partial charge in [-0.25, -0.2) is 8.42 Å². The normalized spacial score (nSPS) is 12.1. The number of halogens is 1. The van der Waals surface area contributed by atoms with Crippen molar-refractivity contribution in [2.75, 3.05) is 5.75 Å². The maximum absolute atomic E-state index is 12.9. The van der Waals surface area contributed by atoms with Crippen LogP contribution in [0.2, 0.25) is 0 Å². The first-order valence-electron chi connectivity index (χ1n) is 7.86. The van der Waals surface area contributed by atoms with E-state index in [0.717, 1.165) is 11.1 Å². The maximum Gasteiger partial charge on any atom is 0.182 e. The Bertz CT molecular complexity index is 979. The van der Waals surface area contributed by atoms with Crippen molar-refractivity contribution < 1.29 is 8.42 Å². The summed E-state index contributed by atoms with van der Waals surface area (Å²) in [5.41, 5.74) is 2.38. The molecule has 0 aromatic heterocycles. The van der Waals surface area contributed by atoms with Crippen LogP contribution < -0.4 is 0 Å². The number of rotatable bonds is 5. The first kappa shape index (κ1) is 17.5. The van der Waals surface area contributed by atoms with Crippen LogP contribution in [0.5, 0.6) is 0 Å². The van der Waals surface area contributed by atoms with Gasteiger partial charge in [-0.3, -0.25) is 0 Å². The van der Waals surface area contributed by atoms with Gasteiger partial charge >= 0.3 is 0 Å². The summed E-state index contributed by atoms with van der Waals surface area (Å²) in [5.74, 6) is -0.148. The minimum absolute atomic E-state index is 0.148. The molecule has 4 heteroatoms. The molecule has 0 N–H and O–H groups in total. The van der Waals surface area contributed by atoms with Crippen molar-refractivity contribution in [3.63, 3.8) is 0 Å². The van der Waals surface area contributed by atoms with Gasteiger partial charge in [-0.2, -0.15) is 0 Å². The van der Waals surface area contributed by atoms with Gasteiger partial charge in [-0.05, 0) is 23.3 Å². The molecule has 0 heterocycles. The highest BCUT2D eigenvalue weighted by Gasteiger charge is 2.18. The van der Waals surface area contributed by atoms with Crippen molar-refractivity contribution in [1.82, 2.24) is 0 Å². The predicted molar refractivity (Wildman–Crippen MR) is 104 cm³/mol. The van der Waals surface area contributed by atoms with Crippen LogP contribution in [-0.2, 0) is 9.84 Å². The van der Waals surface area contributed by atoms with E-state index >= 15 is 0 Å². The predicted octanol–water partition coefficient (Wildman–Crippen LogP) is 5.41. The summed E-state index contributed by atoms with van der Waals surface area (Å²) in [6.45, 7) is 0. The molecule has 3 rings (SSSR count). The Morgan fingerprint density at radius 3 is 2.04 bits per heavy atom. The fourth-order valence-electron chi connectivity index (χ4n) is 2.58. The average molecular weight is 369 g/mol. The SMILES string of the molecule is O=S(=O)(CC=C(Cl)c1ccccc1)c1ccccc1-c1ccccc1. The molecule has 0 fully saturated rings. The zero-order chi connectivity index (χ0) is 17.7. The fraction of sp³-hybridized carbons (Fsp3) is 0.0476. The molecule has 0 aliphatic carbocycles. The summed E-state index contributed by atoms with van der Waals surface area (Å²) >= 11 is 6.25. The largest absolute Gasteiger partial charge is 0.223 e. The van der Waals surface area contributed by atoms with Crippen molar-refractivity contribution in [2.24, 2.45) is 0 Å². The second-order valence-electron chi connectivity index (χ2n) is 5.56. The summed E-state index contributed by atoms with van der Waals surface area (Å²) in [7, 11) is -3.50. The van der Waals surface area contributed by atoms with Gasteiger partial charge in [-0.15, -0.1) is 0 Å². The number of hydrogen-bond donors (Lipinski definition) is 0. The number of sulfone groups is 1. The smallest absolute Gasteiger partial charge is 0.182 e. The van der Waals surface area contributed by atoms with Crippen LogP contribution in [0.15, 0.2) is 95.9 Å². The lowest BCUT2D eigenvalue weighted by Gasteiger charge is -2.10. The molecule has 0 spiro atoms. The fourth-order valence-corrected chi connectivity index (χ4v) is 4.25. The lowest BCUT2D eigenvalue weighted by atomic mass is 10.1. The molecule has 0 aliphatic heterocycles. The third kappa shape index (κ3) is 4.19. The van der Waals surface area contributed by atoms with Gasteiger partial charge in [-0.1, -0.05) is 90.5 Å². The van der Waals surface area contributed by atoms with Crippen LogP contribution in [0, 0.1) is 0 Å². The molecule has 3 aromatic carbocycles. The van der Waals surface area contributed by atoms with E-state index in [9.17, 15) is 8.42 Å². The standard InChI is InChI=1S/C21H17ClO2S/c22-20(18-11-5-2-6-12-18)15-16-25(23,24)21-14-8-7-13-19(21)17-9-3-1-4-10-17/h1-15H,16H2. The lowest BCUT2D eigenvalue weighted by molar-refractivity contribution is 0.599. The van der Waals surface area contributed by atoms with Crippen molar-refractivity contribution in [3.8, 4) is 11.1 Å². The van der Waals surface area contributed by atoms with E-state index < -0.39 is 9.84 Å². The molecule has 0 saturated heterocycles. The van der Waals surface area contributed by atoms with Crippen LogP contribution in [0.4, 0.5) is 0 Å². The van der Waals surface area contributed by atoms with Gasteiger partial charge < -0.3 is 0 Å². The highest BCUT2D eigenvalue weighted by atomic mass is 35.5. The Kier molecular flexibility index (Phi) is 5.37. The molecule has 3 aromatic rings. The highest BCUT2D eigenvalue weighted by molar-refractivity contribution is 7.91. The van der Waals surface area contributed by atoms with E-state index in [0.29, 0.717) is 15.5 Å². The summed E-state index contributed by atoms with van der Waals surface area (Å²) in [5, 5.41) is 0.432. The molecule has 2 nitrogen and oxygen atoms in total. The molecule has 0 unspecified atom stereocenters. The highest BCUT2D eigenvalue weighted by Crippen LogP contribution is 2.28. The average Bonchev–Trinajstić information content (AvgIpc) is 2.67. The molecule has 25 heavy (non-hydrogen) atoms. The van der Waals surface area contributed by atoms with Gasteiger partial charge in [0.2, 0.25) is 0 Å². The maximum atomic E-state index is 12.9. The van der Waals surface area contributed by atoms with Crippen LogP contribution in [0.3, 0.4) is 0 Å². The second kappa shape index (κ2) is 7.68. The summed E-state index contributed by atoms with van der Waals surface area (Å²) in [6.07, 6.45) is 1.55. The summed E-state index contributed by atoms with van der Waals surface area (Å²) < 4.78 is 25.7. The number of benzene rings is 3. The quantitative estimate of drug-likeness (QED) is 0.603. The van der Waals surface area contributed by atoms with E-state index in [1.54, 1.807) is 18.2 Å². The van der Waals surface area contributed by atoms with Crippen molar-refractivity contribution in [3.05, 3.63) is 96.6 Å². The minimum Gasteiger partial charge on any atom is -0.223 e. The molecule has 0 radical (unpaired) electrons. The second-order valence-corrected chi connectivity index (χ2v) is 7.97.